The molecule has 1 aromatic rings. The highest BCUT2D eigenvalue weighted by molar-refractivity contribution is 5.70. The van der Waals surface area contributed by atoms with E-state index in [0.717, 1.165) is 5.56 Å². The lowest BCUT2D eigenvalue weighted by Crippen LogP contribution is -2.20. The number of benzene rings is 1. The molecule has 5 heteroatoms. The van der Waals surface area contributed by atoms with Crippen LogP contribution in [0.3, 0.4) is 0 Å². The molecule has 0 aromatic heterocycles. The van der Waals surface area contributed by atoms with Crippen molar-refractivity contribution in [1.82, 2.24) is 0 Å². The molecule has 4 nitrogen and oxygen atoms in total. The van der Waals surface area contributed by atoms with Crippen LogP contribution in [-0.4, -0.2) is 26.3 Å². The number of aryl methyl sites for hydroxylation is 2. The van der Waals surface area contributed by atoms with E-state index in [1.165, 1.54) is 7.11 Å². The zero-order chi connectivity index (χ0) is 13.7. The van der Waals surface area contributed by atoms with Gasteiger partial charge >= 0.3 is 5.97 Å². The van der Waals surface area contributed by atoms with Crippen molar-refractivity contribution in [2.45, 2.75) is 19.9 Å². The summed E-state index contributed by atoms with van der Waals surface area (Å²) in [4.78, 5) is 10.8. The number of nitrogens with two attached hydrogens (primary N) is 1. The normalized spacial score (nSPS) is 12.3. The number of halogens is 1. The van der Waals surface area contributed by atoms with Crippen molar-refractivity contribution >= 4 is 5.97 Å². The molecule has 0 saturated heterocycles. The summed E-state index contributed by atoms with van der Waals surface area (Å²) in [6.45, 7) is 3.42. The van der Waals surface area contributed by atoms with Crippen LogP contribution in [0.2, 0.25) is 0 Å². The highest BCUT2D eigenvalue weighted by atomic mass is 19.1. The third-order valence-corrected chi connectivity index (χ3v) is 2.63. The third kappa shape index (κ3) is 3.78. The molecule has 0 fully saturated rings. The van der Waals surface area contributed by atoms with E-state index in [0.29, 0.717) is 11.1 Å². The Bertz CT molecular complexity index is 411. The highest BCUT2D eigenvalue weighted by Crippen LogP contribution is 2.19. The molecule has 1 atom stereocenters. The number of carbonyl (C=O) groups excluding carboxylic acids is 1. The first-order chi connectivity index (χ1) is 8.45. The van der Waals surface area contributed by atoms with Gasteiger partial charge in [-0.1, -0.05) is 12.1 Å². The van der Waals surface area contributed by atoms with Gasteiger partial charge in [0.15, 0.2) is 0 Å². The second-order valence-electron chi connectivity index (χ2n) is 4.17. The predicted molar refractivity (Wildman–Crippen MR) is 65.6 cm³/mol. The molecule has 0 spiro atoms. The van der Waals surface area contributed by atoms with Crippen LogP contribution in [0, 0.1) is 19.7 Å². The van der Waals surface area contributed by atoms with Crippen LogP contribution in [0.25, 0.3) is 0 Å². The summed E-state index contributed by atoms with van der Waals surface area (Å²) in [6, 6.07) is 2.98. The lowest BCUT2D eigenvalue weighted by atomic mass is 10.0. The van der Waals surface area contributed by atoms with Crippen LogP contribution in [0.15, 0.2) is 12.1 Å². The SMILES string of the molecule is COC(=O)COCC(N)c1cc(C)c(F)c(C)c1. The number of rotatable bonds is 5. The van der Waals surface area contributed by atoms with Gasteiger partial charge in [0.2, 0.25) is 0 Å². The maximum atomic E-state index is 13.4. The minimum Gasteiger partial charge on any atom is -0.467 e. The Balaban J connectivity index is 2.62. The second-order valence-corrected chi connectivity index (χ2v) is 4.17. The van der Waals surface area contributed by atoms with Crippen molar-refractivity contribution in [1.29, 1.82) is 0 Å². The molecule has 0 saturated carbocycles. The van der Waals surface area contributed by atoms with Crippen molar-refractivity contribution in [3.63, 3.8) is 0 Å². The Labute approximate surface area is 106 Å². The van der Waals surface area contributed by atoms with Crippen molar-refractivity contribution < 1.29 is 18.7 Å². The largest absolute Gasteiger partial charge is 0.467 e. The first-order valence-corrected chi connectivity index (χ1v) is 5.62. The maximum absolute atomic E-state index is 13.4. The monoisotopic (exact) mass is 255 g/mol. The number of hydrogen-bond donors (Lipinski definition) is 1. The van der Waals surface area contributed by atoms with Crippen molar-refractivity contribution in [2.24, 2.45) is 5.73 Å². The van der Waals surface area contributed by atoms with E-state index >= 15 is 0 Å². The topological polar surface area (TPSA) is 61.5 Å². The van der Waals surface area contributed by atoms with Crippen molar-refractivity contribution in [3.8, 4) is 0 Å². The second kappa shape index (κ2) is 6.47. The first-order valence-electron chi connectivity index (χ1n) is 5.62. The lowest BCUT2D eigenvalue weighted by Gasteiger charge is -2.14. The van der Waals surface area contributed by atoms with E-state index in [9.17, 15) is 9.18 Å². The summed E-state index contributed by atoms with van der Waals surface area (Å²) in [7, 11) is 1.29. The van der Waals surface area contributed by atoms with E-state index in [2.05, 4.69) is 4.74 Å². The van der Waals surface area contributed by atoms with Gasteiger partial charge in [-0.25, -0.2) is 9.18 Å². The van der Waals surface area contributed by atoms with E-state index in [1.54, 1.807) is 26.0 Å². The van der Waals surface area contributed by atoms with E-state index < -0.39 is 12.0 Å². The van der Waals surface area contributed by atoms with Gasteiger partial charge in [0.05, 0.1) is 19.8 Å². The number of esters is 1. The summed E-state index contributed by atoms with van der Waals surface area (Å²) in [5.74, 6) is -0.671. The Morgan fingerprint density at radius 1 is 1.39 bits per heavy atom. The molecular weight excluding hydrogens is 237 g/mol. The number of hydrogen-bond acceptors (Lipinski definition) is 4. The minimum absolute atomic E-state index is 0.136. The third-order valence-electron chi connectivity index (χ3n) is 2.63. The zero-order valence-corrected chi connectivity index (χ0v) is 10.8. The Hall–Kier alpha value is -1.46. The average Bonchev–Trinajstić information content (AvgIpc) is 2.34. The van der Waals surface area contributed by atoms with Gasteiger partial charge in [0.1, 0.15) is 12.4 Å². The van der Waals surface area contributed by atoms with Crippen LogP contribution in [0.1, 0.15) is 22.7 Å². The van der Waals surface area contributed by atoms with Crippen LogP contribution in [0.5, 0.6) is 0 Å². The molecule has 0 heterocycles. The van der Waals surface area contributed by atoms with E-state index in [4.69, 9.17) is 10.5 Å². The number of ether oxygens (including phenoxy) is 2. The smallest absolute Gasteiger partial charge is 0.331 e. The number of methoxy groups -OCH3 is 1. The summed E-state index contributed by atoms with van der Waals surface area (Å²) in [5.41, 5.74) is 7.80. The van der Waals surface area contributed by atoms with Crippen LogP contribution in [0.4, 0.5) is 4.39 Å². The fourth-order valence-electron chi connectivity index (χ4n) is 1.62. The summed E-state index contributed by atoms with van der Waals surface area (Å²) in [6.07, 6.45) is 0. The molecule has 18 heavy (non-hydrogen) atoms. The van der Waals surface area contributed by atoms with Crippen LogP contribution < -0.4 is 5.73 Å². The molecule has 0 aliphatic carbocycles. The van der Waals surface area contributed by atoms with Gasteiger partial charge in [0.25, 0.3) is 0 Å². The molecule has 1 aromatic carbocycles. The fraction of sp³-hybridized carbons (Fsp3) is 0.462. The first kappa shape index (κ1) is 14.6. The van der Waals surface area contributed by atoms with Crippen LogP contribution in [-0.2, 0) is 14.3 Å². The summed E-state index contributed by atoms with van der Waals surface area (Å²) in [5, 5.41) is 0. The van der Waals surface area contributed by atoms with Gasteiger partial charge in [-0.15, -0.1) is 0 Å². The van der Waals surface area contributed by atoms with Gasteiger partial charge in [0, 0.05) is 0 Å². The molecule has 0 aliphatic heterocycles. The Kier molecular flexibility index (Phi) is 5.25. The predicted octanol–water partition coefficient (Wildman–Crippen LogP) is 1.63. The standard InChI is InChI=1S/C13H18FNO3/c1-8-4-10(5-9(2)13(8)14)11(15)6-18-7-12(16)17-3/h4-5,11H,6-7,15H2,1-3H3. The van der Waals surface area contributed by atoms with Crippen molar-refractivity contribution in [3.05, 3.63) is 34.6 Å². The molecule has 0 aliphatic rings. The lowest BCUT2D eigenvalue weighted by molar-refractivity contribution is -0.146. The van der Waals surface area contributed by atoms with Gasteiger partial charge in [-0.05, 0) is 30.5 Å². The van der Waals surface area contributed by atoms with Gasteiger partial charge < -0.3 is 15.2 Å². The molecule has 2 N–H and O–H groups in total. The maximum Gasteiger partial charge on any atom is 0.331 e. The fourth-order valence-corrected chi connectivity index (χ4v) is 1.62. The van der Waals surface area contributed by atoms with Crippen LogP contribution >= 0.6 is 0 Å². The number of carbonyl (C=O) groups is 1. The molecular formula is C13H18FNO3. The molecule has 1 rings (SSSR count). The highest BCUT2D eigenvalue weighted by Gasteiger charge is 2.11. The van der Waals surface area contributed by atoms with E-state index in [1.807, 2.05) is 0 Å². The molecule has 0 amide bonds. The molecule has 1 unspecified atom stereocenters. The molecule has 0 radical (unpaired) electrons. The minimum atomic E-state index is -0.450. The Morgan fingerprint density at radius 2 is 1.94 bits per heavy atom. The summed E-state index contributed by atoms with van der Waals surface area (Å²) < 4.78 is 23.0. The quantitative estimate of drug-likeness (QED) is 0.812. The van der Waals surface area contributed by atoms with Gasteiger partial charge in [-0.2, -0.15) is 0 Å². The summed E-state index contributed by atoms with van der Waals surface area (Å²) >= 11 is 0. The van der Waals surface area contributed by atoms with Gasteiger partial charge in [-0.3, -0.25) is 0 Å². The molecule has 100 valence electrons. The average molecular weight is 255 g/mol. The zero-order valence-electron chi connectivity index (χ0n) is 10.8. The van der Waals surface area contributed by atoms with E-state index in [-0.39, 0.29) is 19.0 Å². The van der Waals surface area contributed by atoms with Crippen molar-refractivity contribution in [2.75, 3.05) is 20.3 Å². The Morgan fingerprint density at radius 3 is 2.44 bits per heavy atom. The molecule has 0 bridgehead atoms.